The molecule has 0 radical (unpaired) electrons. The molecule has 0 saturated carbocycles. The maximum atomic E-state index is 12.1. The van der Waals surface area contributed by atoms with E-state index >= 15 is 0 Å². The lowest BCUT2D eigenvalue weighted by molar-refractivity contribution is -0.123. The molecule has 1 unspecified atom stereocenters. The number of likely N-dealkylation sites (N-methyl/N-ethyl adjacent to an activating group) is 1. The number of carbonyl (C=O) groups is 1. The first-order valence-corrected chi connectivity index (χ1v) is 7.24. The normalized spacial score (nSPS) is 13.8. The SMILES string of the molecule is Cc1ccccc1CN(C)CC(=O)NC(C)(C#N)C(C)C. The second kappa shape index (κ2) is 7.24. The van der Waals surface area contributed by atoms with Crippen LogP contribution in [0.3, 0.4) is 0 Å². The molecular formula is C17H25N3O. The van der Waals surface area contributed by atoms with Crippen molar-refractivity contribution < 1.29 is 4.79 Å². The van der Waals surface area contributed by atoms with Gasteiger partial charge in [0, 0.05) is 6.54 Å². The molecule has 0 aliphatic rings. The van der Waals surface area contributed by atoms with Gasteiger partial charge in [-0.05, 0) is 37.9 Å². The van der Waals surface area contributed by atoms with Crippen molar-refractivity contribution in [3.8, 4) is 6.07 Å². The van der Waals surface area contributed by atoms with E-state index in [1.165, 1.54) is 11.1 Å². The lowest BCUT2D eigenvalue weighted by atomic mass is 9.90. The Morgan fingerprint density at radius 2 is 2.05 bits per heavy atom. The summed E-state index contributed by atoms with van der Waals surface area (Å²) in [7, 11) is 1.91. The standard InChI is InChI=1S/C17H25N3O/c1-13(2)17(4,12-18)19-16(21)11-20(5)10-15-9-7-6-8-14(15)3/h6-9,13H,10-11H2,1-5H3,(H,19,21). The number of amides is 1. The molecule has 0 fully saturated rings. The zero-order chi connectivity index (χ0) is 16.0. The van der Waals surface area contributed by atoms with E-state index in [2.05, 4.69) is 30.4 Å². The van der Waals surface area contributed by atoms with Gasteiger partial charge in [-0.15, -0.1) is 0 Å². The van der Waals surface area contributed by atoms with Gasteiger partial charge in [0.05, 0.1) is 12.6 Å². The highest BCUT2D eigenvalue weighted by atomic mass is 16.2. The quantitative estimate of drug-likeness (QED) is 0.874. The molecule has 1 aromatic rings. The van der Waals surface area contributed by atoms with Crippen molar-refractivity contribution in [3.63, 3.8) is 0 Å². The van der Waals surface area contributed by atoms with Crippen molar-refractivity contribution in [2.45, 2.75) is 39.8 Å². The molecule has 0 aromatic heterocycles. The van der Waals surface area contributed by atoms with Crippen LogP contribution in [0.25, 0.3) is 0 Å². The number of rotatable bonds is 6. The maximum Gasteiger partial charge on any atom is 0.235 e. The molecule has 1 N–H and O–H groups in total. The van der Waals surface area contributed by atoms with Crippen molar-refractivity contribution in [3.05, 3.63) is 35.4 Å². The fourth-order valence-electron chi connectivity index (χ4n) is 2.01. The van der Waals surface area contributed by atoms with Crippen LogP contribution >= 0.6 is 0 Å². The van der Waals surface area contributed by atoms with E-state index in [0.29, 0.717) is 6.54 Å². The topological polar surface area (TPSA) is 56.1 Å². The van der Waals surface area contributed by atoms with Gasteiger partial charge in [-0.2, -0.15) is 5.26 Å². The van der Waals surface area contributed by atoms with Gasteiger partial charge in [0.1, 0.15) is 5.54 Å². The van der Waals surface area contributed by atoms with E-state index in [1.54, 1.807) is 6.92 Å². The summed E-state index contributed by atoms with van der Waals surface area (Å²) >= 11 is 0. The number of aryl methyl sites for hydroxylation is 1. The molecule has 1 amide bonds. The Balaban J connectivity index is 2.59. The number of hydrogen-bond acceptors (Lipinski definition) is 3. The number of benzene rings is 1. The predicted molar refractivity (Wildman–Crippen MR) is 84.5 cm³/mol. The number of nitriles is 1. The molecule has 0 heterocycles. The van der Waals surface area contributed by atoms with Crippen LogP contribution in [-0.4, -0.2) is 29.9 Å². The number of carbonyl (C=O) groups excluding carboxylic acids is 1. The molecule has 1 rings (SSSR count). The fraction of sp³-hybridized carbons (Fsp3) is 0.529. The molecule has 4 heteroatoms. The summed E-state index contributed by atoms with van der Waals surface area (Å²) in [4.78, 5) is 14.1. The van der Waals surface area contributed by atoms with Crippen LogP contribution < -0.4 is 5.32 Å². The average molecular weight is 287 g/mol. The van der Waals surface area contributed by atoms with Crippen molar-refractivity contribution in [1.29, 1.82) is 5.26 Å². The minimum atomic E-state index is -0.819. The van der Waals surface area contributed by atoms with Crippen LogP contribution in [0.4, 0.5) is 0 Å². The highest BCUT2D eigenvalue weighted by Crippen LogP contribution is 2.15. The zero-order valence-electron chi connectivity index (χ0n) is 13.6. The molecule has 114 valence electrons. The number of nitrogens with zero attached hydrogens (tertiary/aromatic N) is 2. The Bertz CT molecular complexity index is 533. The van der Waals surface area contributed by atoms with Gasteiger partial charge in [-0.3, -0.25) is 9.69 Å². The van der Waals surface area contributed by atoms with Crippen molar-refractivity contribution in [1.82, 2.24) is 10.2 Å². The largest absolute Gasteiger partial charge is 0.337 e. The lowest BCUT2D eigenvalue weighted by Crippen LogP contribution is -2.51. The molecule has 1 aromatic carbocycles. The monoisotopic (exact) mass is 287 g/mol. The first kappa shape index (κ1) is 17.2. The second-order valence-electron chi connectivity index (χ2n) is 6.12. The van der Waals surface area contributed by atoms with Crippen molar-refractivity contribution in [2.75, 3.05) is 13.6 Å². The Morgan fingerprint density at radius 3 is 2.57 bits per heavy atom. The van der Waals surface area contributed by atoms with Crippen LogP contribution in [0.1, 0.15) is 31.9 Å². The van der Waals surface area contributed by atoms with Gasteiger partial charge in [-0.1, -0.05) is 38.1 Å². The Labute approximate surface area is 127 Å². The molecule has 4 nitrogen and oxygen atoms in total. The van der Waals surface area contributed by atoms with Gasteiger partial charge < -0.3 is 5.32 Å². The van der Waals surface area contributed by atoms with E-state index in [4.69, 9.17) is 0 Å². The summed E-state index contributed by atoms with van der Waals surface area (Å²) in [5, 5.41) is 12.1. The minimum absolute atomic E-state index is 0.0631. The third-order valence-corrected chi connectivity index (χ3v) is 3.90. The molecule has 0 aliphatic carbocycles. The highest BCUT2D eigenvalue weighted by molar-refractivity contribution is 5.79. The van der Waals surface area contributed by atoms with Crippen LogP contribution in [0, 0.1) is 24.2 Å². The minimum Gasteiger partial charge on any atom is -0.337 e. The van der Waals surface area contributed by atoms with Crippen LogP contribution in [0.5, 0.6) is 0 Å². The predicted octanol–water partition coefficient (Wildman–Crippen LogP) is 2.48. The molecule has 0 bridgehead atoms. The van der Waals surface area contributed by atoms with E-state index in [1.807, 2.05) is 37.9 Å². The van der Waals surface area contributed by atoms with Crippen LogP contribution in [0.15, 0.2) is 24.3 Å². The summed E-state index contributed by atoms with van der Waals surface area (Å²) in [6, 6.07) is 10.3. The zero-order valence-corrected chi connectivity index (χ0v) is 13.6. The smallest absolute Gasteiger partial charge is 0.235 e. The molecule has 0 saturated heterocycles. The van der Waals surface area contributed by atoms with E-state index in [-0.39, 0.29) is 18.4 Å². The molecule has 1 atom stereocenters. The number of hydrogen-bond donors (Lipinski definition) is 1. The van der Waals surface area contributed by atoms with Gasteiger partial charge in [-0.25, -0.2) is 0 Å². The molecule has 0 aliphatic heterocycles. The van der Waals surface area contributed by atoms with Gasteiger partial charge in [0.2, 0.25) is 5.91 Å². The second-order valence-corrected chi connectivity index (χ2v) is 6.12. The Morgan fingerprint density at radius 1 is 1.43 bits per heavy atom. The van der Waals surface area contributed by atoms with Gasteiger partial charge in [0.15, 0.2) is 0 Å². The van der Waals surface area contributed by atoms with Crippen molar-refractivity contribution >= 4 is 5.91 Å². The third kappa shape index (κ3) is 4.87. The van der Waals surface area contributed by atoms with Crippen LogP contribution in [-0.2, 0) is 11.3 Å². The van der Waals surface area contributed by atoms with E-state index < -0.39 is 5.54 Å². The van der Waals surface area contributed by atoms with Gasteiger partial charge in [0.25, 0.3) is 0 Å². The first-order valence-electron chi connectivity index (χ1n) is 7.24. The molecule has 21 heavy (non-hydrogen) atoms. The van der Waals surface area contributed by atoms with E-state index in [9.17, 15) is 10.1 Å². The maximum absolute atomic E-state index is 12.1. The Hall–Kier alpha value is -1.86. The highest BCUT2D eigenvalue weighted by Gasteiger charge is 2.30. The number of nitrogens with one attached hydrogen (secondary N) is 1. The van der Waals surface area contributed by atoms with Crippen LogP contribution in [0.2, 0.25) is 0 Å². The molecular weight excluding hydrogens is 262 g/mol. The average Bonchev–Trinajstić information content (AvgIpc) is 2.40. The summed E-state index contributed by atoms with van der Waals surface area (Å²) in [6.07, 6.45) is 0. The molecule has 0 spiro atoms. The summed E-state index contributed by atoms with van der Waals surface area (Å²) < 4.78 is 0. The third-order valence-electron chi connectivity index (χ3n) is 3.90. The van der Waals surface area contributed by atoms with E-state index in [0.717, 1.165) is 0 Å². The Kier molecular flexibility index (Phi) is 5.92. The summed E-state index contributed by atoms with van der Waals surface area (Å²) in [5.74, 6) is -0.0584. The lowest BCUT2D eigenvalue weighted by Gasteiger charge is -2.28. The van der Waals surface area contributed by atoms with Crippen molar-refractivity contribution in [2.24, 2.45) is 5.92 Å². The summed E-state index contributed by atoms with van der Waals surface area (Å²) in [5.41, 5.74) is 1.61. The summed E-state index contributed by atoms with van der Waals surface area (Å²) in [6.45, 7) is 8.68. The van der Waals surface area contributed by atoms with Gasteiger partial charge >= 0.3 is 0 Å². The first-order chi connectivity index (χ1) is 9.78. The fourth-order valence-corrected chi connectivity index (χ4v) is 2.01.